The third-order valence-corrected chi connectivity index (χ3v) is 6.44. The number of benzene rings is 1. The summed E-state index contributed by atoms with van der Waals surface area (Å²) in [6, 6.07) is 11.3. The number of aromatic nitrogens is 3. The Hall–Kier alpha value is -2.20. The monoisotopic (exact) mass is 463 g/mol. The molecule has 1 aliphatic rings. The Morgan fingerprint density at radius 2 is 1.97 bits per heavy atom. The summed E-state index contributed by atoms with van der Waals surface area (Å²) in [6.45, 7) is 4.65. The van der Waals surface area contributed by atoms with E-state index in [4.69, 9.17) is 28.6 Å². The summed E-state index contributed by atoms with van der Waals surface area (Å²) < 4.78 is 8.00. The number of halogens is 1. The molecule has 1 amide bonds. The normalized spacial score (nSPS) is 14.8. The van der Waals surface area contributed by atoms with Crippen LogP contribution in [0.1, 0.15) is 0 Å². The number of carbonyl (C=O) groups excluding carboxylic acids is 1. The van der Waals surface area contributed by atoms with E-state index in [1.54, 1.807) is 15.9 Å². The standard InChI is InChI=1S/C20H22ClN5O2S2/c21-15-3-5-16(6-4-15)28-12-11-24-7-9-25(10-8-24)18(27)14-26-19(22-23-20(26)29)17-2-1-13-30-17/h1-6,13H,7-12,14H2,(H,23,29). The second kappa shape index (κ2) is 9.74. The Morgan fingerprint density at radius 3 is 2.67 bits per heavy atom. The highest BCUT2D eigenvalue weighted by atomic mass is 35.5. The van der Waals surface area contributed by atoms with Crippen LogP contribution in [0.2, 0.25) is 5.02 Å². The largest absolute Gasteiger partial charge is 0.492 e. The molecule has 1 aliphatic heterocycles. The molecule has 2 aromatic heterocycles. The van der Waals surface area contributed by atoms with Gasteiger partial charge in [-0.2, -0.15) is 5.10 Å². The highest BCUT2D eigenvalue weighted by Gasteiger charge is 2.22. The molecule has 1 saturated heterocycles. The second-order valence-electron chi connectivity index (χ2n) is 6.94. The van der Waals surface area contributed by atoms with Crippen LogP contribution in [-0.2, 0) is 11.3 Å². The summed E-state index contributed by atoms with van der Waals surface area (Å²) in [4.78, 5) is 18.0. The van der Waals surface area contributed by atoms with Crippen LogP contribution in [0.25, 0.3) is 10.7 Å². The SMILES string of the molecule is O=C(Cn1c(-c2cccs2)n[nH]c1=S)N1CCN(CCOc2ccc(Cl)cc2)CC1. The number of hydrogen-bond acceptors (Lipinski definition) is 6. The lowest BCUT2D eigenvalue weighted by molar-refractivity contribution is -0.133. The highest BCUT2D eigenvalue weighted by Crippen LogP contribution is 2.23. The van der Waals surface area contributed by atoms with Crippen LogP contribution >= 0.6 is 35.2 Å². The summed E-state index contributed by atoms with van der Waals surface area (Å²) >= 11 is 12.8. The van der Waals surface area contributed by atoms with Crippen molar-refractivity contribution in [2.75, 3.05) is 39.3 Å². The first-order chi connectivity index (χ1) is 14.6. The van der Waals surface area contributed by atoms with E-state index < -0.39 is 0 Å². The molecule has 1 aromatic carbocycles. The van der Waals surface area contributed by atoms with Gasteiger partial charge in [0, 0.05) is 37.7 Å². The van der Waals surface area contributed by atoms with Crippen LogP contribution < -0.4 is 4.74 Å². The van der Waals surface area contributed by atoms with E-state index in [0.717, 1.165) is 30.3 Å². The number of rotatable bonds is 7. The number of H-pyrrole nitrogens is 1. The molecule has 0 spiro atoms. The molecular formula is C20H22ClN5O2S2. The smallest absolute Gasteiger partial charge is 0.242 e. The lowest BCUT2D eigenvalue weighted by atomic mass is 10.3. The number of nitrogens with one attached hydrogen (secondary N) is 1. The fourth-order valence-corrected chi connectivity index (χ4v) is 4.38. The minimum Gasteiger partial charge on any atom is -0.492 e. The minimum atomic E-state index is 0.0578. The van der Waals surface area contributed by atoms with Gasteiger partial charge in [-0.3, -0.25) is 19.4 Å². The molecule has 10 heteroatoms. The number of ether oxygens (including phenoxy) is 1. The molecule has 3 aromatic rings. The average Bonchev–Trinajstić information content (AvgIpc) is 3.40. The number of piperazine rings is 1. The van der Waals surface area contributed by atoms with E-state index in [0.29, 0.717) is 35.3 Å². The lowest BCUT2D eigenvalue weighted by Gasteiger charge is -2.34. The van der Waals surface area contributed by atoms with Gasteiger partial charge in [0.25, 0.3) is 0 Å². The number of nitrogens with zero attached hydrogens (tertiary/aromatic N) is 4. The van der Waals surface area contributed by atoms with Crippen molar-refractivity contribution in [1.82, 2.24) is 24.6 Å². The van der Waals surface area contributed by atoms with Gasteiger partial charge in [-0.15, -0.1) is 11.3 Å². The van der Waals surface area contributed by atoms with Crippen molar-refractivity contribution in [2.24, 2.45) is 0 Å². The van der Waals surface area contributed by atoms with Crippen LogP contribution in [0.5, 0.6) is 5.75 Å². The maximum absolute atomic E-state index is 12.8. The Kier molecular flexibility index (Phi) is 6.83. The van der Waals surface area contributed by atoms with Crippen molar-refractivity contribution in [3.8, 4) is 16.5 Å². The zero-order chi connectivity index (χ0) is 20.9. The predicted molar refractivity (Wildman–Crippen MR) is 121 cm³/mol. The topological polar surface area (TPSA) is 66.4 Å². The van der Waals surface area contributed by atoms with Gasteiger partial charge in [-0.25, -0.2) is 0 Å². The van der Waals surface area contributed by atoms with E-state index in [-0.39, 0.29) is 12.5 Å². The molecule has 1 N–H and O–H groups in total. The first-order valence-corrected chi connectivity index (χ1v) is 11.3. The van der Waals surface area contributed by atoms with E-state index >= 15 is 0 Å². The lowest BCUT2D eigenvalue weighted by Crippen LogP contribution is -2.50. The molecule has 0 bridgehead atoms. The van der Waals surface area contributed by atoms with Crippen LogP contribution in [0.3, 0.4) is 0 Å². The van der Waals surface area contributed by atoms with Crippen molar-refractivity contribution in [2.45, 2.75) is 6.54 Å². The summed E-state index contributed by atoms with van der Waals surface area (Å²) in [5.41, 5.74) is 0. The third-order valence-electron chi connectivity index (χ3n) is 5.01. The average molecular weight is 464 g/mol. The van der Waals surface area contributed by atoms with Gasteiger partial charge in [0.1, 0.15) is 18.9 Å². The molecule has 3 heterocycles. The van der Waals surface area contributed by atoms with Crippen LogP contribution in [-0.4, -0.2) is 69.8 Å². The molecule has 0 saturated carbocycles. The predicted octanol–water partition coefficient (Wildman–Crippen LogP) is 3.55. The van der Waals surface area contributed by atoms with Gasteiger partial charge >= 0.3 is 0 Å². The van der Waals surface area contributed by atoms with Gasteiger partial charge in [0.2, 0.25) is 5.91 Å². The number of amides is 1. The van der Waals surface area contributed by atoms with Crippen LogP contribution in [0, 0.1) is 4.77 Å². The number of carbonyl (C=O) groups is 1. The molecule has 158 valence electrons. The summed E-state index contributed by atoms with van der Waals surface area (Å²) in [7, 11) is 0. The van der Waals surface area contributed by atoms with Crippen LogP contribution in [0.4, 0.5) is 0 Å². The molecule has 7 nitrogen and oxygen atoms in total. The van der Waals surface area contributed by atoms with Gasteiger partial charge < -0.3 is 9.64 Å². The Morgan fingerprint density at radius 1 is 1.20 bits per heavy atom. The quantitative estimate of drug-likeness (QED) is 0.543. The Bertz CT molecular complexity index is 1020. The van der Waals surface area contributed by atoms with Crippen molar-refractivity contribution in [1.29, 1.82) is 0 Å². The fraction of sp³-hybridized carbons (Fsp3) is 0.350. The summed E-state index contributed by atoms with van der Waals surface area (Å²) in [5, 5.41) is 9.77. The Labute approximate surface area is 188 Å². The second-order valence-corrected chi connectivity index (χ2v) is 8.71. The maximum atomic E-state index is 12.8. The number of thiophene rings is 1. The zero-order valence-corrected chi connectivity index (χ0v) is 18.7. The van der Waals surface area contributed by atoms with E-state index in [2.05, 4.69) is 15.1 Å². The van der Waals surface area contributed by atoms with Gasteiger partial charge in [-0.1, -0.05) is 17.7 Å². The zero-order valence-electron chi connectivity index (χ0n) is 16.3. The Balaban J connectivity index is 1.25. The molecular weight excluding hydrogens is 442 g/mol. The third kappa shape index (κ3) is 5.10. The first kappa shape index (κ1) is 21.0. The van der Waals surface area contributed by atoms with Gasteiger partial charge in [-0.05, 0) is 47.9 Å². The van der Waals surface area contributed by atoms with E-state index in [1.165, 1.54) is 0 Å². The van der Waals surface area contributed by atoms with E-state index in [9.17, 15) is 4.79 Å². The molecule has 0 unspecified atom stereocenters. The fourth-order valence-electron chi connectivity index (χ4n) is 3.34. The maximum Gasteiger partial charge on any atom is 0.242 e. The molecule has 0 aliphatic carbocycles. The molecule has 0 radical (unpaired) electrons. The number of hydrogen-bond donors (Lipinski definition) is 1. The van der Waals surface area contributed by atoms with Crippen LogP contribution in [0.15, 0.2) is 41.8 Å². The van der Waals surface area contributed by atoms with E-state index in [1.807, 2.05) is 46.7 Å². The van der Waals surface area contributed by atoms with Gasteiger partial charge in [0.15, 0.2) is 10.6 Å². The summed E-state index contributed by atoms with van der Waals surface area (Å²) in [6.07, 6.45) is 0. The summed E-state index contributed by atoms with van der Waals surface area (Å²) in [5.74, 6) is 1.58. The minimum absolute atomic E-state index is 0.0578. The van der Waals surface area contributed by atoms with Crippen molar-refractivity contribution in [3.63, 3.8) is 0 Å². The van der Waals surface area contributed by atoms with Crippen molar-refractivity contribution >= 4 is 41.1 Å². The molecule has 1 fully saturated rings. The van der Waals surface area contributed by atoms with Crippen molar-refractivity contribution in [3.05, 3.63) is 51.6 Å². The van der Waals surface area contributed by atoms with Crippen molar-refractivity contribution < 1.29 is 9.53 Å². The van der Waals surface area contributed by atoms with Gasteiger partial charge in [0.05, 0.1) is 4.88 Å². The first-order valence-electron chi connectivity index (χ1n) is 9.68. The molecule has 0 atom stereocenters. The molecule has 30 heavy (non-hydrogen) atoms. The number of aromatic amines is 1. The molecule has 4 rings (SSSR count). The highest BCUT2D eigenvalue weighted by molar-refractivity contribution is 7.71.